The van der Waals surface area contributed by atoms with E-state index in [0.29, 0.717) is 10.8 Å². The van der Waals surface area contributed by atoms with Gasteiger partial charge in [-0.2, -0.15) is 0 Å². The van der Waals surface area contributed by atoms with E-state index in [1.54, 1.807) is 24.5 Å². The minimum Gasteiger partial charge on any atom is -0.244 e. The molecule has 13 heavy (non-hydrogen) atoms. The van der Waals surface area contributed by atoms with E-state index >= 15 is 0 Å². The van der Waals surface area contributed by atoms with Gasteiger partial charge in [0.15, 0.2) is 5.15 Å². The number of halogens is 1. The summed E-state index contributed by atoms with van der Waals surface area (Å²) in [6, 6.07) is 3.45. The molecule has 4 nitrogen and oxygen atoms in total. The molecule has 0 N–H and O–H groups in total. The van der Waals surface area contributed by atoms with Crippen molar-refractivity contribution < 1.29 is 0 Å². The van der Waals surface area contributed by atoms with E-state index < -0.39 is 0 Å². The van der Waals surface area contributed by atoms with Gasteiger partial charge in [-0.3, -0.25) is 0 Å². The molecular formula is C8H5ClN4. The largest absolute Gasteiger partial charge is 0.244 e. The highest BCUT2D eigenvalue weighted by atomic mass is 35.5. The van der Waals surface area contributed by atoms with E-state index in [-0.39, 0.29) is 0 Å². The molecule has 0 saturated carbocycles. The van der Waals surface area contributed by atoms with Gasteiger partial charge in [-0.25, -0.2) is 9.97 Å². The Hall–Kier alpha value is -1.55. The maximum absolute atomic E-state index is 5.59. The second-order valence-corrected chi connectivity index (χ2v) is 2.76. The summed E-state index contributed by atoms with van der Waals surface area (Å²) in [7, 11) is 0. The van der Waals surface area contributed by atoms with Crippen LogP contribution < -0.4 is 0 Å². The zero-order valence-electron chi connectivity index (χ0n) is 6.55. The van der Waals surface area contributed by atoms with Crippen LogP contribution in [0.3, 0.4) is 0 Å². The van der Waals surface area contributed by atoms with Gasteiger partial charge in [0, 0.05) is 18.0 Å². The first kappa shape index (κ1) is 8.07. The monoisotopic (exact) mass is 192 g/mol. The van der Waals surface area contributed by atoms with Gasteiger partial charge >= 0.3 is 0 Å². The van der Waals surface area contributed by atoms with Crippen LogP contribution in [0.2, 0.25) is 5.15 Å². The molecule has 0 unspecified atom stereocenters. The molecular weight excluding hydrogens is 188 g/mol. The SMILES string of the molecule is Clc1ccc(-c2cncnc2)nn1. The lowest BCUT2D eigenvalue weighted by Gasteiger charge is -1.96. The van der Waals surface area contributed by atoms with Gasteiger partial charge < -0.3 is 0 Å². The Balaban J connectivity index is 2.42. The fraction of sp³-hybridized carbons (Fsp3) is 0. The molecule has 0 amide bonds. The Kier molecular flexibility index (Phi) is 2.14. The van der Waals surface area contributed by atoms with E-state index in [2.05, 4.69) is 20.2 Å². The molecule has 0 bridgehead atoms. The van der Waals surface area contributed by atoms with Crippen LogP contribution in [0.1, 0.15) is 0 Å². The molecule has 0 saturated heterocycles. The van der Waals surface area contributed by atoms with Crippen molar-refractivity contribution in [2.75, 3.05) is 0 Å². The third-order valence-electron chi connectivity index (χ3n) is 1.49. The highest BCUT2D eigenvalue weighted by Gasteiger charge is 1.99. The van der Waals surface area contributed by atoms with Gasteiger partial charge in [-0.1, -0.05) is 11.6 Å². The first-order valence-electron chi connectivity index (χ1n) is 3.61. The Morgan fingerprint density at radius 3 is 2.38 bits per heavy atom. The standard InChI is InChI=1S/C8H5ClN4/c9-8-2-1-7(12-13-8)6-3-10-5-11-4-6/h1-5H. The highest BCUT2D eigenvalue weighted by molar-refractivity contribution is 6.29. The van der Waals surface area contributed by atoms with Crippen LogP contribution >= 0.6 is 11.6 Å². The molecule has 2 heterocycles. The first-order valence-corrected chi connectivity index (χ1v) is 3.98. The van der Waals surface area contributed by atoms with Crippen LogP contribution in [0.25, 0.3) is 11.3 Å². The van der Waals surface area contributed by atoms with Crippen LogP contribution in [0, 0.1) is 0 Å². The molecule has 0 aliphatic carbocycles. The van der Waals surface area contributed by atoms with Crippen molar-refractivity contribution in [3.8, 4) is 11.3 Å². The maximum Gasteiger partial charge on any atom is 0.151 e. The number of aromatic nitrogens is 4. The van der Waals surface area contributed by atoms with E-state index in [0.717, 1.165) is 5.56 Å². The predicted molar refractivity (Wildman–Crippen MR) is 48.1 cm³/mol. The Bertz CT molecular complexity index is 387. The zero-order valence-corrected chi connectivity index (χ0v) is 7.31. The first-order chi connectivity index (χ1) is 6.36. The number of nitrogens with zero attached hydrogens (tertiary/aromatic N) is 4. The molecule has 0 fully saturated rings. The molecule has 5 heteroatoms. The van der Waals surface area contributed by atoms with Gasteiger partial charge in [0.25, 0.3) is 0 Å². The van der Waals surface area contributed by atoms with Gasteiger partial charge in [-0.05, 0) is 12.1 Å². The lowest BCUT2D eigenvalue weighted by Crippen LogP contribution is -1.88. The second kappa shape index (κ2) is 3.45. The summed E-state index contributed by atoms with van der Waals surface area (Å²) in [6.07, 6.45) is 4.81. The molecule has 2 aromatic rings. The van der Waals surface area contributed by atoms with Crippen molar-refractivity contribution in [1.82, 2.24) is 20.2 Å². The lowest BCUT2D eigenvalue weighted by molar-refractivity contribution is 1.03. The minimum absolute atomic E-state index is 0.376. The summed E-state index contributed by atoms with van der Waals surface area (Å²) in [5.74, 6) is 0. The summed E-state index contributed by atoms with van der Waals surface area (Å²) in [5.41, 5.74) is 1.54. The Morgan fingerprint density at radius 2 is 1.77 bits per heavy atom. The van der Waals surface area contributed by atoms with E-state index in [9.17, 15) is 0 Å². The third kappa shape index (κ3) is 1.78. The fourth-order valence-corrected chi connectivity index (χ4v) is 1.00. The van der Waals surface area contributed by atoms with Crippen molar-refractivity contribution in [2.45, 2.75) is 0 Å². The third-order valence-corrected chi connectivity index (χ3v) is 1.69. The number of hydrogen-bond acceptors (Lipinski definition) is 4. The fourth-order valence-electron chi connectivity index (χ4n) is 0.901. The molecule has 0 spiro atoms. The van der Waals surface area contributed by atoms with E-state index in [1.165, 1.54) is 6.33 Å². The summed E-state index contributed by atoms with van der Waals surface area (Å²) in [4.78, 5) is 7.74. The Morgan fingerprint density at radius 1 is 1.00 bits per heavy atom. The Labute approximate surface area is 79.6 Å². The lowest BCUT2D eigenvalue weighted by atomic mass is 10.2. The van der Waals surface area contributed by atoms with E-state index in [1.807, 2.05) is 0 Å². The van der Waals surface area contributed by atoms with Gasteiger partial charge in [0.05, 0.1) is 5.69 Å². The molecule has 64 valence electrons. The van der Waals surface area contributed by atoms with Crippen molar-refractivity contribution in [3.63, 3.8) is 0 Å². The molecule has 0 aromatic carbocycles. The normalized spacial score (nSPS) is 9.92. The summed E-state index contributed by atoms with van der Waals surface area (Å²) in [5, 5.41) is 7.98. The van der Waals surface area contributed by atoms with Crippen LogP contribution in [0.15, 0.2) is 30.9 Å². The van der Waals surface area contributed by atoms with Crippen LogP contribution in [-0.2, 0) is 0 Å². The van der Waals surface area contributed by atoms with Gasteiger partial charge in [0.2, 0.25) is 0 Å². The number of rotatable bonds is 1. The molecule has 2 rings (SSSR count). The number of hydrogen-bond donors (Lipinski definition) is 0. The van der Waals surface area contributed by atoms with Crippen LogP contribution in [-0.4, -0.2) is 20.2 Å². The molecule has 0 aliphatic rings. The van der Waals surface area contributed by atoms with Crippen molar-refractivity contribution >= 4 is 11.6 Å². The van der Waals surface area contributed by atoms with Gasteiger partial charge in [-0.15, -0.1) is 10.2 Å². The zero-order chi connectivity index (χ0) is 9.10. The molecule has 0 radical (unpaired) electrons. The van der Waals surface area contributed by atoms with E-state index in [4.69, 9.17) is 11.6 Å². The summed E-state index contributed by atoms with van der Waals surface area (Å²) in [6.45, 7) is 0. The molecule has 0 atom stereocenters. The van der Waals surface area contributed by atoms with Crippen molar-refractivity contribution in [2.24, 2.45) is 0 Å². The van der Waals surface area contributed by atoms with Gasteiger partial charge in [0.1, 0.15) is 6.33 Å². The van der Waals surface area contributed by atoms with Crippen LogP contribution in [0.5, 0.6) is 0 Å². The van der Waals surface area contributed by atoms with Crippen molar-refractivity contribution in [1.29, 1.82) is 0 Å². The van der Waals surface area contributed by atoms with Crippen molar-refractivity contribution in [3.05, 3.63) is 36.0 Å². The topological polar surface area (TPSA) is 51.6 Å². The van der Waals surface area contributed by atoms with Crippen LogP contribution in [0.4, 0.5) is 0 Å². The smallest absolute Gasteiger partial charge is 0.151 e. The second-order valence-electron chi connectivity index (χ2n) is 2.37. The predicted octanol–water partition coefficient (Wildman–Crippen LogP) is 1.59. The molecule has 0 aliphatic heterocycles. The minimum atomic E-state index is 0.376. The highest BCUT2D eigenvalue weighted by Crippen LogP contribution is 2.13. The summed E-state index contributed by atoms with van der Waals surface area (Å²) < 4.78 is 0. The average molecular weight is 193 g/mol. The maximum atomic E-state index is 5.59. The summed E-state index contributed by atoms with van der Waals surface area (Å²) >= 11 is 5.59. The average Bonchev–Trinajstić information content (AvgIpc) is 2.20. The quantitative estimate of drug-likeness (QED) is 0.689. The molecule has 2 aromatic heterocycles.